The minimum atomic E-state index is -3.63. The summed E-state index contributed by atoms with van der Waals surface area (Å²) in [5.74, 6) is -0.553. The predicted molar refractivity (Wildman–Crippen MR) is 150 cm³/mol. The molecule has 0 saturated carbocycles. The smallest absolute Gasteiger partial charge is 0.410 e. The number of likely N-dealkylation sites (tertiary alicyclic amines) is 1. The number of ether oxygens (including phenoxy) is 1. The first kappa shape index (κ1) is 29.4. The lowest BCUT2D eigenvalue weighted by Crippen LogP contribution is -2.51. The zero-order valence-electron chi connectivity index (χ0n) is 23.2. The third kappa shape index (κ3) is 7.32. The highest BCUT2D eigenvalue weighted by Crippen LogP contribution is 2.28. The molecule has 216 valence electrons. The number of sulfonamides is 1. The van der Waals surface area contributed by atoms with E-state index in [4.69, 9.17) is 4.74 Å². The highest BCUT2D eigenvalue weighted by atomic mass is 32.2. The third-order valence-electron chi connectivity index (χ3n) is 6.12. The van der Waals surface area contributed by atoms with Crippen molar-refractivity contribution in [1.82, 2.24) is 19.9 Å². The molecule has 3 aromatic rings. The van der Waals surface area contributed by atoms with Crippen LogP contribution in [-0.2, 0) is 14.8 Å². The molecule has 0 bridgehead atoms. The van der Waals surface area contributed by atoms with Gasteiger partial charge in [-0.05, 0) is 57.9 Å². The summed E-state index contributed by atoms with van der Waals surface area (Å²) < 4.78 is 60.9. The number of carbonyl (C=O) groups excluding carboxylic acids is 1. The predicted octanol–water partition coefficient (Wildman–Crippen LogP) is 5.05. The van der Waals surface area contributed by atoms with Crippen molar-refractivity contribution in [2.24, 2.45) is 0 Å². The van der Waals surface area contributed by atoms with Crippen molar-refractivity contribution in [2.45, 2.75) is 65.3 Å². The van der Waals surface area contributed by atoms with Gasteiger partial charge < -0.3 is 15.0 Å². The van der Waals surface area contributed by atoms with Crippen molar-refractivity contribution in [3.63, 3.8) is 0 Å². The molecule has 4 rings (SSSR count). The van der Waals surface area contributed by atoms with Crippen LogP contribution in [0.15, 0.2) is 30.5 Å². The van der Waals surface area contributed by atoms with Crippen molar-refractivity contribution in [3.05, 3.63) is 41.8 Å². The molecule has 13 heteroatoms. The van der Waals surface area contributed by atoms with Crippen molar-refractivity contribution in [3.8, 4) is 11.3 Å². The van der Waals surface area contributed by atoms with Gasteiger partial charge in [0.15, 0.2) is 0 Å². The van der Waals surface area contributed by atoms with E-state index >= 15 is 0 Å². The summed E-state index contributed by atoms with van der Waals surface area (Å²) in [6, 6.07) is 5.51. The van der Waals surface area contributed by atoms with Crippen LogP contribution in [0, 0.1) is 12.7 Å². The minimum absolute atomic E-state index is 0.0380. The summed E-state index contributed by atoms with van der Waals surface area (Å²) in [6.07, 6.45) is 0.324. The lowest BCUT2D eigenvalue weighted by molar-refractivity contribution is 0.0124. The van der Waals surface area contributed by atoms with Gasteiger partial charge in [-0.25, -0.2) is 36.9 Å². The van der Waals surface area contributed by atoms with Gasteiger partial charge in [0.1, 0.15) is 23.1 Å². The Morgan fingerprint density at radius 2 is 1.95 bits per heavy atom. The van der Waals surface area contributed by atoms with Gasteiger partial charge in [0.05, 0.1) is 35.4 Å². The summed E-state index contributed by atoms with van der Waals surface area (Å²) in [7, 11) is -3.63. The summed E-state index contributed by atoms with van der Waals surface area (Å²) in [6.45, 7) is 9.03. The van der Waals surface area contributed by atoms with Crippen LogP contribution >= 0.6 is 0 Å². The molecule has 0 aliphatic carbocycles. The van der Waals surface area contributed by atoms with E-state index in [1.54, 1.807) is 39.8 Å². The number of carbonyl (C=O) groups is 1. The van der Waals surface area contributed by atoms with Gasteiger partial charge in [-0.1, -0.05) is 13.0 Å². The second kappa shape index (κ2) is 11.5. The van der Waals surface area contributed by atoms with Crippen LogP contribution in [0.2, 0.25) is 0 Å². The Kier molecular flexibility index (Phi) is 8.43. The van der Waals surface area contributed by atoms with E-state index in [1.807, 2.05) is 6.92 Å². The van der Waals surface area contributed by atoms with Gasteiger partial charge in [0, 0.05) is 24.6 Å². The summed E-state index contributed by atoms with van der Waals surface area (Å²) in [4.78, 5) is 27.3. The van der Waals surface area contributed by atoms with E-state index in [2.05, 4.69) is 25.0 Å². The van der Waals surface area contributed by atoms with E-state index in [9.17, 15) is 22.0 Å². The fourth-order valence-corrected chi connectivity index (χ4v) is 5.59. The molecule has 0 radical (unpaired) electrons. The fraction of sp³-hybridized carbons (Fsp3) is 0.481. The van der Waals surface area contributed by atoms with Crippen LogP contribution in [0.3, 0.4) is 0 Å². The number of benzene rings is 1. The molecule has 40 heavy (non-hydrogen) atoms. The maximum absolute atomic E-state index is 14.7. The zero-order valence-corrected chi connectivity index (χ0v) is 24.0. The zero-order chi connectivity index (χ0) is 29.2. The maximum Gasteiger partial charge on any atom is 0.410 e. The van der Waals surface area contributed by atoms with Crippen molar-refractivity contribution in [2.75, 3.05) is 28.9 Å². The van der Waals surface area contributed by atoms with E-state index in [1.165, 1.54) is 23.2 Å². The standard InChI is InChI=1S/C27H34F2N6O4S/c1-6-9-40(37,38)34-21-8-7-17(11-20(21)29)22-10-16(2)24-23(32-22)13-30-25(33-24)31-19-12-18(28)14-35(15-19)26(36)39-27(3,4)5/h7-8,10-11,13,18-19,34H,6,9,12,14-15H2,1-5H3,(H,30,31,33)/t18-,19-/m0/s1. The molecule has 1 aliphatic heterocycles. The second-order valence-corrected chi connectivity index (χ2v) is 12.8. The van der Waals surface area contributed by atoms with Gasteiger partial charge >= 0.3 is 6.09 Å². The number of hydrogen-bond donors (Lipinski definition) is 2. The van der Waals surface area contributed by atoms with Crippen molar-refractivity contribution >= 4 is 38.8 Å². The summed E-state index contributed by atoms with van der Waals surface area (Å²) in [5, 5.41) is 3.12. The Labute approximate surface area is 232 Å². The fourth-order valence-electron chi connectivity index (χ4n) is 4.45. The molecule has 0 spiro atoms. The number of rotatable bonds is 7. The number of alkyl halides is 1. The number of halogens is 2. The molecule has 3 heterocycles. The Balaban J connectivity index is 1.52. The monoisotopic (exact) mass is 576 g/mol. The van der Waals surface area contributed by atoms with Crippen LogP contribution < -0.4 is 10.0 Å². The summed E-state index contributed by atoms with van der Waals surface area (Å²) in [5.41, 5.74) is 1.89. The van der Waals surface area contributed by atoms with Crippen LogP contribution in [-0.4, -0.2) is 71.0 Å². The molecule has 1 saturated heterocycles. The molecule has 1 aromatic carbocycles. The molecule has 0 unspecified atom stereocenters. The van der Waals surface area contributed by atoms with Gasteiger partial charge in [0.2, 0.25) is 16.0 Å². The first-order valence-electron chi connectivity index (χ1n) is 13.1. The lowest BCUT2D eigenvalue weighted by Gasteiger charge is -2.36. The SMILES string of the molecule is CCCS(=O)(=O)Nc1ccc(-c2cc(C)c3nc(N[C@H]4C[C@H](F)CN(C(=O)OC(C)(C)C)C4)ncc3n2)cc1F. The average Bonchev–Trinajstić information content (AvgIpc) is 2.84. The molecule has 2 aromatic heterocycles. The molecule has 2 N–H and O–H groups in total. The molecular formula is C27H34F2N6O4S. The second-order valence-electron chi connectivity index (χ2n) is 10.9. The molecule has 10 nitrogen and oxygen atoms in total. The molecule has 1 amide bonds. The Morgan fingerprint density at radius 3 is 2.62 bits per heavy atom. The van der Waals surface area contributed by atoms with Crippen LogP contribution in [0.4, 0.5) is 25.2 Å². The number of amides is 1. The Morgan fingerprint density at radius 1 is 1.20 bits per heavy atom. The van der Waals surface area contributed by atoms with E-state index in [-0.39, 0.29) is 36.9 Å². The first-order valence-corrected chi connectivity index (χ1v) is 14.7. The number of nitrogens with zero attached hydrogens (tertiary/aromatic N) is 4. The number of aromatic nitrogens is 3. The minimum Gasteiger partial charge on any atom is -0.444 e. The van der Waals surface area contributed by atoms with E-state index < -0.39 is 39.7 Å². The Hall–Kier alpha value is -3.61. The highest BCUT2D eigenvalue weighted by Gasteiger charge is 2.33. The number of anilines is 2. The number of nitrogens with one attached hydrogen (secondary N) is 2. The topological polar surface area (TPSA) is 126 Å². The molecule has 2 atom stereocenters. The molecule has 1 fully saturated rings. The number of piperidine rings is 1. The average molecular weight is 577 g/mol. The molecule has 1 aliphatic rings. The first-order chi connectivity index (χ1) is 18.7. The van der Waals surface area contributed by atoms with Crippen LogP contribution in [0.25, 0.3) is 22.3 Å². The van der Waals surface area contributed by atoms with Crippen molar-refractivity contribution in [1.29, 1.82) is 0 Å². The number of pyridine rings is 1. The normalized spacial score (nSPS) is 18.0. The highest BCUT2D eigenvalue weighted by molar-refractivity contribution is 7.92. The lowest BCUT2D eigenvalue weighted by atomic mass is 10.0. The quantitative estimate of drug-likeness (QED) is 0.400. The number of fused-ring (bicyclic) bond motifs is 1. The van der Waals surface area contributed by atoms with Crippen LogP contribution in [0.1, 0.15) is 46.1 Å². The van der Waals surface area contributed by atoms with E-state index in [0.717, 1.165) is 5.56 Å². The van der Waals surface area contributed by atoms with Gasteiger partial charge in [-0.2, -0.15) is 0 Å². The molecular weight excluding hydrogens is 542 g/mol. The maximum atomic E-state index is 14.7. The summed E-state index contributed by atoms with van der Waals surface area (Å²) >= 11 is 0. The third-order valence-corrected chi connectivity index (χ3v) is 7.60. The van der Waals surface area contributed by atoms with Crippen molar-refractivity contribution < 1.29 is 26.7 Å². The number of aryl methyl sites for hydroxylation is 1. The largest absolute Gasteiger partial charge is 0.444 e. The van der Waals surface area contributed by atoms with Gasteiger partial charge in [0.25, 0.3) is 0 Å². The van der Waals surface area contributed by atoms with Gasteiger partial charge in [-0.15, -0.1) is 0 Å². The number of hydrogen-bond acceptors (Lipinski definition) is 8. The Bertz CT molecular complexity index is 1510. The van der Waals surface area contributed by atoms with Gasteiger partial charge in [-0.3, -0.25) is 4.72 Å². The van der Waals surface area contributed by atoms with E-state index in [0.29, 0.717) is 28.7 Å². The van der Waals surface area contributed by atoms with Crippen LogP contribution in [0.5, 0.6) is 0 Å².